The van der Waals surface area contributed by atoms with Crippen LogP contribution in [0.3, 0.4) is 0 Å². The van der Waals surface area contributed by atoms with Gasteiger partial charge in [0.15, 0.2) is 0 Å². The Morgan fingerprint density at radius 2 is 1.96 bits per heavy atom. The van der Waals surface area contributed by atoms with E-state index in [0.29, 0.717) is 6.54 Å². The van der Waals surface area contributed by atoms with E-state index in [4.69, 9.17) is 0 Å². The minimum Gasteiger partial charge on any atom is -0.336 e. The molecule has 2 aromatic rings. The van der Waals surface area contributed by atoms with Crippen molar-refractivity contribution in [3.63, 3.8) is 0 Å². The van der Waals surface area contributed by atoms with E-state index in [9.17, 15) is 4.79 Å². The molecule has 1 fully saturated rings. The van der Waals surface area contributed by atoms with Crippen LogP contribution in [0.4, 0.5) is 0 Å². The summed E-state index contributed by atoms with van der Waals surface area (Å²) in [7, 11) is 1.97. The highest BCUT2D eigenvalue weighted by atomic mass is 35.5. The summed E-state index contributed by atoms with van der Waals surface area (Å²) in [6.07, 6.45) is 3.70. The molecule has 5 nitrogen and oxygen atoms in total. The predicted molar refractivity (Wildman–Crippen MR) is 93.0 cm³/mol. The van der Waals surface area contributed by atoms with Gasteiger partial charge in [-0.3, -0.25) is 4.79 Å². The fourth-order valence-electron chi connectivity index (χ4n) is 3.14. The Bertz CT molecular complexity index is 677. The van der Waals surface area contributed by atoms with Crippen molar-refractivity contribution < 1.29 is 4.79 Å². The number of aryl methyl sites for hydroxylation is 3. The molecule has 0 aliphatic carbocycles. The van der Waals surface area contributed by atoms with Crippen LogP contribution in [0.15, 0.2) is 30.6 Å². The molecule has 1 N–H and O–H groups in total. The Hall–Kier alpha value is -1.85. The fourth-order valence-corrected chi connectivity index (χ4v) is 3.14. The highest BCUT2D eigenvalue weighted by Crippen LogP contribution is 2.23. The van der Waals surface area contributed by atoms with Crippen molar-refractivity contribution in [2.45, 2.75) is 19.9 Å². The minimum absolute atomic E-state index is 0. The molecule has 1 amide bonds. The van der Waals surface area contributed by atoms with Gasteiger partial charge in [0.1, 0.15) is 11.9 Å². The molecule has 23 heavy (non-hydrogen) atoms. The number of nitrogens with zero attached hydrogens (tertiary/aromatic N) is 3. The summed E-state index contributed by atoms with van der Waals surface area (Å²) in [6.45, 7) is 6.30. The predicted octanol–water partition coefficient (Wildman–Crippen LogP) is 2.25. The normalized spacial score (nSPS) is 17.7. The van der Waals surface area contributed by atoms with Gasteiger partial charge >= 0.3 is 0 Å². The Morgan fingerprint density at radius 1 is 1.26 bits per heavy atom. The minimum atomic E-state index is -0.0259. The monoisotopic (exact) mass is 334 g/mol. The molecule has 0 radical (unpaired) electrons. The number of rotatable bonds is 2. The van der Waals surface area contributed by atoms with Crippen LogP contribution in [0.2, 0.25) is 0 Å². The maximum atomic E-state index is 13.0. The second-order valence-corrected chi connectivity index (χ2v) is 5.99. The lowest BCUT2D eigenvalue weighted by Gasteiger charge is -2.36. The van der Waals surface area contributed by atoms with Crippen LogP contribution in [0.25, 0.3) is 0 Å². The molecule has 0 saturated carbocycles. The number of piperazine rings is 1. The summed E-state index contributed by atoms with van der Waals surface area (Å²) in [5, 5.41) is 3.36. The molecule has 1 atom stereocenters. The molecule has 3 rings (SSSR count). The van der Waals surface area contributed by atoms with Crippen molar-refractivity contribution in [2.75, 3.05) is 19.6 Å². The number of carbonyl (C=O) groups excluding carboxylic acids is 1. The highest BCUT2D eigenvalue weighted by Gasteiger charge is 2.31. The van der Waals surface area contributed by atoms with Gasteiger partial charge in [-0.25, -0.2) is 4.98 Å². The maximum Gasteiger partial charge on any atom is 0.254 e. The third-order valence-corrected chi connectivity index (χ3v) is 4.13. The van der Waals surface area contributed by atoms with Crippen molar-refractivity contribution in [3.05, 3.63) is 53.1 Å². The molecule has 124 valence electrons. The summed E-state index contributed by atoms with van der Waals surface area (Å²) in [4.78, 5) is 19.3. The van der Waals surface area contributed by atoms with Crippen LogP contribution in [0.1, 0.15) is 33.4 Å². The lowest BCUT2D eigenvalue weighted by Crippen LogP contribution is -2.49. The molecule has 1 saturated heterocycles. The number of hydrogen-bond donors (Lipinski definition) is 1. The van der Waals surface area contributed by atoms with Gasteiger partial charge in [-0.15, -0.1) is 12.4 Å². The van der Waals surface area contributed by atoms with Crippen molar-refractivity contribution in [1.82, 2.24) is 19.8 Å². The van der Waals surface area contributed by atoms with Crippen molar-refractivity contribution in [2.24, 2.45) is 7.05 Å². The number of benzene rings is 1. The summed E-state index contributed by atoms with van der Waals surface area (Å²) in [6, 6.07) is 5.99. The van der Waals surface area contributed by atoms with E-state index in [1.54, 1.807) is 6.20 Å². The number of carbonyl (C=O) groups is 1. The van der Waals surface area contributed by atoms with Gasteiger partial charge in [0.05, 0.1) is 0 Å². The van der Waals surface area contributed by atoms with Gasteiger partial charge in [-0.2, -0.15) is 0 Å². The number of halogens is 1. The molecule has 2 heterocycles. The van der Waals surface area contributed by atoms with Crippen LogP contribution < -0.4 is 5.32 Å². The molecule has 1 aromatic heterocycles. The van der Waals surface area contributed by atoms with Gasteiger partial charge in [-0.1, -0.05) is 17.2 Å². The number of imidazole rings is 1. The van der Waals surface area contributed by atoms with Crippen LogP contribution >= 0.6 is 12.4 Å². The first-order valence-electron chi connectivity index (χ1n) is 7.63. The zero-order valence-corrected chi connectivity index (χ0v) is 14.6. The van der Waals surface area contributed by atoms with E-state index >= 15 is 0 Å². The smallest absolute Gasteiger partial charge is 0.254 e. The van der Waals surface area contributed by atoms with E-state index in [0.717, 1.165) is 35.6 Å². The highest BCUT2D eigenvalue weighted by molar-refractivity contribution is 5.95. The summed E-state index contributed by atoms with van der Waals surface area (Å²) < 4.78 is 1.99. The molecule has 1 aliphatic heterocycles. The molecule has 1 aromatic carbocycles. The number of nitrogens with one attached hydrogen (secondary N) is 1. The summed E-state index contributed by atoms with van der Waals surface area (Å²) in [5.41, 5.74) is 3.00. The van der Waals surface area contributed by atoms with Crippen LogP contribution in [-0.4, -0.2) is 40.0 Å². The first-order valence-corrected chi connectivity index (χ1v) is 7.63. The number of aromatic nitrogens is 2. The maximum absolute atomic E-state index is 13.0. The molecule has 1 unspecified atom stereocenters. The standard InChI is InChI=1S/C17H22N4O.ClH/c1-12-8-13(2)10-14(9-12)17(22)21-7-4-18-11-15(21)16-19-5-6-20(16)3;/h5-6,8-10,15,18H,4,7,11H2,1-3H3;1H. The average molecular weight is 335 g/mol. The lowest BCUT2D eigenvalue weighted by atomic mass is 10.0. The third-order valence-electron chi connectivity index (χ3n) is 4.13. The van der Waals surface area contributed by atoms with E-state index in [-0.39, 0.29) is 24.4 Å². The fraction of sp³-hybridized carbons (Fsp3) is 0.412. The topological polar surface area (TPSA) is 50.2 Å². The zero-order valence-electron chi connectivity index (χ0n) is 13.7. The third kappa shape index (κ3) is 3.57. The Morgan fingerprint density at radius 3 is 2.57 bits per heavy atom. The number of hydrogen-bond acceptors (Lipinski definition) is 3. The quantitative estimate of drug-likeness (QED) is 0.916. The molecular formula is C17H23ClN4O. The lowest BCUT2D eigenvalue weighted by molar-refractivity contribution is 0.0620. The van der Waals surface area contributed by atoms with E-state index < -0.39 is 0 Å². The van der Waals surface area contributed by atoms with Gasteiger partial charge in [0.2, 0.25) is 0 Å². The van der Waals surface area contributed by atoms with Crippen molar-refractivity contribution >= 4 is 18.3 Å². The van der Waals surface area contributed by atoms with E-state index in [2.05, 4.69) is 16.4 Å². The van der Waals surface area contributed by atoms with Gasteiger partial charge in [-0.05, 0) is 26.0 Å². The molecule has 6 heteroatoms. The molecule has 0 bridgehead atoms. The average Bonchev–Trinajstić information content (AvgIpc) is 2.91. The van der Waals surface area contributed by atoms with Crippen molar-refractivity contribution in [1.29, 1.82) is 0 Å². The first-order chi connectivity index (χ1) is 10.6. The van der Waals surface area contributed by atoms with Crippen LogP contribution in [0, 0.1) is 13.8 Å². The van der Waals surface area contributed by atoms with Crippen molar-refractivity contribution in [3.8, 4) is 0 Å². The Labute approximate surface area is 143 Å². The summed E-state index contributed by atoms with van der Waals surface area (Å²) in [5.74, 6) is 1.01. The Balaban J connectivity index is 0.00000192. The Kier molecular flexibility index (Phi) is 5.44. The first kappa shape index (κ1) is 17.5. The van der Waals surface area contributed by atoms with Gasteiger partial charge in [0, 0.05) is 44.6 Å². The molecule has 0 spiro atoms. The van der Waals surface area contributed by atoms with Crippen LogP contribution in [0.5, 0.6) is 0 Å². The second-order valence-electron chi connectivity index (χ2n) is 5.99. The summed E-state index contributed by atoms with van der Waals surface area (Å²) >= 11 is 0. The number of amides is 1. The van der Waals surface area contributed by atoms with Gasteiger partial charge in [0.25, 0.3) is 5.91 Å². The molecule has 1 aliphatic rings. The van der Waals surface area contributed by atoms with Gasteiger partial charge < -0.3 is 14.8 Å². The zero-order chi connectivity index (χ0) is 15.7. The SMILES string of the molecule is Cc1cc(C)cc(C(=O)N2CCNCC2c2nccn2C)c1.Cl. The van der Waals surface area contributed by atoms with Crippen LogP contribution in [-0.2, 0) is 7.05 Å². The van der Waals surface area contributed by atoms with E-state index in [1.807, 2.05) is 48.7 Å². The largest absolute Gasteiger partial charge is 0.336 e. The van der Waals surface area contributed by atoms with E-state index in [1.165, 1.54) is 0 Å². The second kappa shape index (κ2) is 7.15. The molecular weight excluding hydrogens is 312 g/mol.